The normalized spacial score (nSPS) is 11.0. The van der Waals surface area contributed by atoms with Crippen molar-refractivity contribution in [3.8, 4) is 5.75 Å². The maximum absolute atomic E-state index is 11.9. The van der Waals surface area contributed by atoms with Gasteiger partial charge in [-0.05, 0) is 27.2 Å². The van der Waals surface area contributed by atoms with Crippen LogP contribution in [-0.2, 0) is 9.53 Å². The van der Waals surface area contributed by atoms with Crippen molar-refractivity contribution in [3.63, 3.8) is 0 Å². The molecule has 1 amide bonds. The van der Waals surface area contributed by atoms with E-state index in [4.69, 9.17) is 9.47 Å². The van der Waals surface area contributed by atoms with Crippen molar-refractivity contribution < 1.29 is 19.1 Å². The van der Waals surface area contributed by atoms with Crippen molar-refractivity contribution in [3.05, 3.63) is 28.2 Å². The second kappa shape index (κ2) is 8.36. The smallest absolute Gasteiger partial charge is 0.325 e. The number of hydrogen-bond donors (Lipinski definition) is 2. The number of aromatic amines is 1. The fourth-order valence-electron chi connectivity index (χ4n) is 1.65. The lowest BCUT2D eigenvalue weighted by atomic mass is 10.2. The molecule has 0 aromatic carbocycles. The van der Waals surface area contributed by atoms with Crippen LogP contribution >= 0.6 is 0 Å². The monoisotopic (exact) mass is 324 g/mol. The third kappa shape index (κ3) is 6.99. The molecular weight excluding hydrogens is 300 g/mol. The zero-order valence-corrected chi connectivity index (χ0v) is 14.0. The molecule has 7 heteroatoms. The Morgan fingerprint density at radius 2 is 2.00 bits per heavy atom. The molecule has 2 N–H and O–H groups in total. The predicted octanol–water partition coefficient (Wildman–Crippen LogP) is 1.63. The fraction of sp³-hybridized carbons (Fsp3) is 0.562. The average molecular weight is 324 g/mol. The Balaban J connectivity index is 2.58. The highest BCUT2D eigenvalue weighted by Crippen LogP contribution is 2.06. The van der Waals surface area contributed by atoms with Crippen LogP contribution in [0.25, 0.3) is 0 Å². The van der Waals surface area contributed by atoms with Gasteiger partial charge in [-0.25, -0.2) is 0 Å². The minimum Gasteiger partial charge on any atom is -0.488 e. The molecule has 0 saturated carbocycles. The third-order valence-electron chi connectivity index (χ3n) is 2.69. The average Bonchev–Trinajstić information content (AvgIpc) is 2.45. The lowest BCUT2D eigenvalue weighted by Gasteiger charge is -2.19. The Kier molecular flexibility index (Phi) is 6.81. The summed E-state index contributed by atoms with van der Waals surface area (Å²) in [5.41, 5.74) is -0.947. The summed E-state index contributed by atoms with van der Waals surface area (Å²) in [6.45, 7) is 7.41. The lowest BCUT2D eigenvalue weighted by molar-refractivity contribution is -0.153. The Morgan fingerprint density at radius 3 is 2.57 bits per heavy atom. The second-order valence-electron chi connectivity index (χ2n) is 6.05. The largest absolute Gasteiger partial charge is 0.488 e. The SMILES string of the molecule is CCCCOc1c[nH]c(C(=O)NCC(=O)OC(C)(C)C)cc1=O. The van der Waals surface area contributed by atoms with Gasteiger partial charge < -0.3 is 19.8 Å². The van der Waals surface area contributed by atoms with Crippen molar-refractivity contribution in [2.24, 2.45) is 0 Å². The first kappa shape index (κ1) is 18.7. The van der Waals surface area contributed by atoms with Crippen LogP contribution in [0.1, 0.15) is 51.0 Å². The van der Waals surface area contributed by atoms with Crippen LogP contribution in [-0.4, -0.2) is 35.6 Å². The molecular formula is C16H24N2O5. The standard InChI is InChI=1S/C16H24N2O5/c1-5-6-7-22-13-9-17-11(8-12(13)19)15(21)18-10-14(20)23-16(2,3)4/h8-9H,5-7,10H2,1-4H3,(H,17,19)(H,18,21). The maximum Gasteiger partial charge on any atom is 0.325 e. The van der Waals surface area contributed by atoms with Crippen LogP contribution in [0, 0.1) is 0 Å². The number of rotatable bonds is 7. The van der Waals surface area contributed by atoms with E-state index in [0.29, 0.717) is 6.61 Å². The maximum atomic E-state index is 11.9. The predicted molar refractivity (Wildman–Crippen MR) is 85.6 cm³/mol. The molecule has 0 aliphatic heterocycles. The number of pyridine rings is 1. The fourth-order valence-corrected chi connectivity index (χ4v) is 1.65. The van der Waals surface area contributed by atoms with E-state index in [1.165, 1.54) is 6.20 Å². The summed E-state index contributed by atoms with van der Waals surface area (Å²) in [5.74, 6) is -0.942. The van der Waals surface area contributed by atoms with E-state index in [9.17, 15) is 14.4 Å². The highest BCUT2D eigenvalue weighted by Gasteiger charge is 2.17. The van der Waals surface area contributed by atoms with Crippen molar-refractivity contribution >= 4 is 11.9 Å². The van der Waals surface area contributed by atoms with Crippen LogP contribution in [0.3, 0.4) is 0 Å². The zero-order valence-electron chi connectivity index (χ0n) is 14.0. The summed E-state index contributed by atoms with van der Waals surface area (Å²) in [7, 11) is 0. The molecule has 0 bridgehead atoms. The topological polar surface area (TPSA) is 97.5 Å². The van der Waals surface area contributed by atoms with Crippen LogP contribution in [0.5, 0.6) is 5.75 Å². The Hall–Kier alpha value is -2.31. The minimum atomic E-state index is -0.617. The minimum absolute atomic E-state index is 0.0569. The molecule has 1 aromatic rings. The Bertz CT molecular complexity index is 601. The number of esters is 1. The number of aromatic nitrogens is 1. The van der Waals surface area contributed by atoms with E-state index in [1.54, 1.807) is 20.8 Å². The number of carbonyl (C=O) groups is 2. The van der Waals surface area contributed by atoms with E-state index < -0.39 is 17.5 Å². The molecule has 1 rings (SSSR count). The van der Waals surface area contributed by atoms with Gasteiger partial charge in [0.15, 0.2) is 5.75 Å². The molecule has 7 nitrogen and oxygen atoms in total. The summed E-state index contributed by atoms with van der Waals surface area (Å²) in [4.78, 5) is 38.0. The lowest BCUT2D eigenvalue weighted by Crippen LogP contribution is -2.35. The molecule has 0 aliphatic carbocycles. The van der Waals surface area contributed by atoms with Crippen LogP contribution in [0.2, 0.25) is 0 Å². The third-order valence-corrected chi connectivity index (χ3v) is 2.69. The molecule has 0 aliphatic rings. The first-order chi connectivity index (χ1) is 10.7. The van der Waals surface area contributed by atoms with Gasteiger partial charge in [0.05, 0.1) is 6.61 Å². The number of amides is 1. The molecule has 0 saturated heterocycles. The van der Waals surface area contributed by atoms with Crippen LogP contribution in [0.4, 0.5) is 0 Å². The summed E-state index contributed by atoms with van der Waals surface area (Å²) >= 11 is 0. The van der Waals surface area contributed by atoms with E-state index in [-0.39, 0.29) is 23.4 Å². The Morgan fingerprint density at radius 1 is 1.30 bits per heavy atom. The van der Waals surface area contributed by atoms with Gasteiger partial charge in [-0.15, -0.1) is 0 Å². The van der Waals surface area contributed by atoms with Crippen LogP contribution in [0.15, 0.2) is 17.1 Å². The van der Waals surface area contributed by atoms with Gasteiger partial charge in [0.2, 0.25) is 5.43 Å². The van der Waals surface area contributed by atoms with Gasteiger partial charge >= 0.3 is 5.97 Å². The molecule has 0 spiro atoms. The summed E-state index contributed by atoms with van der Waals surface area (Å²) in [6, 6.07) is 1.14. The quantitative estimate of drug-likeness (QED) is 0.587. The van der Waals surface area contributed by atoms with E-state index in [1.807, 2.05) is 6.92 Å². The number of carbonyl (C=O) groups excluding carboxylic acids is 2. The number of hydrogen-bond acceptors (Lipinski definition) is 5. The van der Waals surface area contributed by atoms with E-state index >= 15 is 0 Å². The van der Waals surface area contributed by atoms with Gasteiger partial charge in [-0.1, -0.05) is 13.3 Å². The van der Waals surface area contributed by atoms with Gasteiger partial charge in [-0.2, -0.15) is 0 Å². The summed E-state index contributed by atoms with van der Waals surface area (Å²) in [6.07, 6.45) is 3.15. The molecule has 0 fully saturated rings. The number of nitrogens with one attached hydrogen (secondary N) is 2. The highest BCUT2D eigenvalue weighted by molar-refractivity contribution is 5.94. The molecule has 0 unspecified atom stereocenters. The molecule has 1 aromatic heterocycles. The zero-order chi connectivity index (χ0) is 17.5. The summed E-state index contributed by atoms with van der Waals surface area (Å²) in [5, 5.41) is 2.40. The molecule has 23 heavy (non-hydrogen) atoms. The van der Waals surface area contributed by atoms with Crippen LogP contribution < -0.4 is 15.5 Å². The van der Waals surface area contributed by atoms with Gasteiger partial charge in [-0.3, -0.25) is 14.4 Å². The molecule has 0 atom stereocenters. The van der Waals surface area contributed by atoms with Crippen molar-refractivity contribution in [1.29, 1.82) is 0 Å². The molecule has 1 heterocycles. The van der Waals surface area contributed by atoms with Crippen molar-refractivity contribution in [2.75, 3.05) is 13.2 Å². The van der Waals surface area contributed by atoms with Crippen molar-refractivity contribution in [1.82, 2.24) is 10.3 Å². The highest BCUT2D eigenvalue weighted by atomic mass is 16.6. The number of unbranched alkanes of at least 4 members (excludes halogenated alkanes) is 1. The van der Waals surface area contributed by atoms with E-state index in [2.05, 4.69) is 10.3 Å². The van der Waals surface area contributed by atoms with E-state index in [0.717, 1.165) is 18.9 Å². The van der Waals surface area contributed by atoms with Gasteiger partial charge in [0, 0.05) is 12.3 Å². The second-order valence-corrected chi connectivity index (χ2v) is 6.05. The number of H-pyrrole nitrogens is 1. The molecule has 0 radical (unpaired) electrons. The first-order valence-corrected chi connectivity index (χ1v) is 7.58. The van der Waals surface area contributed by atoms with Gasteiger partial charge in [0.25, 0.3) is 5.91 Å². The molecule has 128 valence electrons. The summed E-state index contributed by atoms with van der Waals surface area (Å²) < 4.78 is 10.4. The Labute approximate surface area is 135 Å². The first-order valence-electron chi connectivity index (χ1n) is 7.58. The number of ether oxygens (including phenoxy) is 2. The van der Waals surface area contributed by atoms with Crippen molar-refractivity contribution in [2.45, 2.75) is 46.1 Å². The van der Waals surface area contributed by atoms with Gasteiger partial charge in [0.1, 0.15) is 17.8 Å².